The number of ether oxygens (including phenoxy) is 1. The van der Waals surface area contributed by atoms with E-state index in [0.717, 1.165) is 30.1 Å². The van der Waals surface area contributed by atoms with Crippen LogP contribution in [0.25, 0.3) is 0 Å². The smallest absolute Gasteiger partial charge is 0.119 e. The predicted octanol–water partition coefficient (Wildman–Crippen LogP) is 8.91. The van der Waals surface area contributed by atoms with E-state index in [1.165, 1.54) is 102 Å². The first-order valence-corrected chi connectivity index (χ1v) is 13.2. The third-order valence-corrected chi connectivity index (χ3v) is 7.73. The molecule has 0 radical (unpaired) electrons. The third-order valence-electron chi connectivity index (χ3n) is 7.73. The second kappa shape index (κ2) is 13.2. The molecular weight excluding hydrogens is 364 g/mol. The van der Waals surface area contributed by atoms with Crippen LogP contribution in [-0.4, -0.2) is 6.61 Å². The van der Waals surface area contributed by atoms with Crippen molar-refractivity contribution < 1.29 is 4.74 Å². The molecule has 30 heavy (non-hydrogen) atoms. The van der Waals surface area contributed by atoms with Crippen LogP contribution in [0.15, 0.2) is 35.9 Å². The van der Waals surface area contributed by atoms with Gasteiger partial charge in [0.2, 0.25) is 0 Å². The number of hydrogen-bond donors (Lipinski definition) is 0. The van der Waals surface area contributed by atoms with Gasteiger partial charge >= 0.3 is 0 Å². The standard InChI is InChI=1S/C29H46O/c1-3-5-6-7-23-30-29-21-15-26(16-22-29)10-9-25-13-19-28(20-14-25)27-17-11-24(8-4-2)12-18-27/h13,15-16,21-22,24,27-28H,3-12,14,17-20,23H2,1-2H3/t24-,27-,28?. The van der Waals surface area contributed by atoms with E-state index in [9.17, 15) is 0 Å². The lowest BCUT2D eigenvalue weighted by Gasteiger charge is -2.35. The van der Waals surface area contributed by atoms with E-state index in [1.807, 2.05) is 0 Å². The normalized spacial score (nSPS) is 24.5. The van der Waals surface area contributed by atoms with Crippen molar-refractivity contribution in [3.05, 3.63) is 41.5 Å². The van der Waals surface area contributed by atoms with Gasteiger partial charge in [-0.25, -0.2) is 0 Å². The quantitative estimate of drug-likeness (QED) is 0.247. The Morgan fingerprint density at radius 3 is 2.27 bits per heavy atom. The van der Waals surface area contributed by atoms with Gasteiger partial charge in [-0.1, -0.05) is 82.6 Å². The van der Waals surface area contributed by atoms with Crippen LogP contribution >= 0.6 is 0 Å². The van der Waals surface area contributed by atoms with Crippen LogP contribution in [0.1, 0.15) is 109 Å². The first-order valence-electron chi connectivity index (χ1n) is 13.2. The van der Waals surface area contributed by atoms with E-state index in [-0.39, 0.29) is 0 Å². The summed E-state index contributed by atoms with van der Waals surface area (Å²) >= 11 is 0. The van der Waals surface area contributed by atoms with Gasteiger partial charge in [0, 0.05) is 0 Å². The number of allylic oxidation sites excluding steroid dienone is 2. The molecule has 0 aromatic heterocycles. The van der Waals surface area contributed by atoms with Gasteiger partial charge in [-0.15, -0.1) is 0 Å². The minimum absolute atomic E-state index is 0.855. The van der Waals surface area contributed by atoms with E-state index < -0.39 is 0 Å². The lowest BCUT2D eigenvalue weighted by molar-refractivity contribution is 0.186. The molecule has 0 N–H and O–H groups in total. The molecule has 1 unspecified atom stereocenters. The monoisotopic (exact) mass is 410 g/mol. The largest absolute Gasteiger partial charge is 0.494 e. The molecule has 2 aliphatic carbocycles. The molecule has 1 aromatic carbocycles. The van der Waals surface area contributed by atoms with Gasteiger partial charge in [-0.2, -0.15) is 0 Å². The zero-order valence-corrected chi connectivity index (χ0v) is 19.8. The highest BCUT2D eigenvalue weighted by molar-refractivity contribution is 5.28. The Kier molecular flexibility index (Phi) is 10.3. The lowest BCUT2D eigenvalue weighted by atomic mass is 9.70. The van der Waals surface area contributed by atoms with Crippen molar-refractivity contribution in [2.75, 3.05) is 6.61 Å². The summed E-state index contributed by atoms with van der Waals surface area (Å²) < 4.78 is 5.88. The molecule has 0 amide bonds. The number of aryl methyl sites for hydroxylation is 1. The van der Waals surface area contributed by atoms with Gasteiger partial charge in [0.15, 0.2) is 0 Å². The molecule has 1 saturated carbocycles. The molecule has 1 fully saturated rings. The topological polar surface area (TPSA) is 9.23 Å². The number of benzene rings is 1. The van der Waals surface area contributed by atoms with Gasteiger partial charge in [-0.3, -0.25) is 0 Å². The SMILES string of the molecule is CCCCCCOc1ccc(CCC2=CCC([C@H]3CC[C@H](CCC)CC3)CC2)cc1. The van der Waals surface area contributed by atoms with E-state index in [1.54, 1.807) is 5.57 Å². The van der Waals surface area contributed by atoms with Crippen LogP contribution in [0.2, 0.25) is 0 Å². The van der Waals surface area contributed by atoms with E-state index in [0.29, 0.717) is 0 Å². The molecule has 3 rings (SSSR count). The fourth-order valence-electron chi connectivity index (χ4n) is 5.70. The molecule has 0 spiro atoms. The van der Waals surface area contributed by atoms with Crippen LogP contribution in [0.5, 0.6) is 5.75 Å². The fraction of sp³-hybridized carbons (Fsp3) is 0.724. The Morgan fingerprint density at radius 1 is 0.800 bits per heavy atom. The first kappa shape index (κ1) is 23.4. The minimum atomic E-state index is 0.855. The molecular formula is C29H46O. The maximum atomic E-state index is 5.88. The van der Waals surface area contributed by atoms with Crippen molar-refractivity contribution in [2.24, 2.45) is 17.8 Å². The summed E-state index contributed by atoms with van der Waals surface area (Å²) in [5.41, 5.74) is 3.16. The highest BCUT2D eigenvalue weighted by atomic mass is 16.5. The van der Waals surface area contributed by atoms with Crippen molar-refractivity contribution in [3.63, 3.8) is 0 Å². The van der Waals surface area contributed by atoms with Crippen molar-refractivity contribution in [2.45, 2.75) is 110 Å². The maximum Gasteiger partial charge on any atom is 0.119 e. The summed E-state index contributed by atoms with van der Waals surface area (Å²) in [5, 5.41) is 0. The van der Waals surface area contributed by atoms with E-state index in [2.05, 4.69) is 44.2 Å². The van der Waals surface area contributed by atoms with E-state index >= 15 is 0 Å². The zero-order chi connectivity index (χ0) is 21.0. The van der Waals surface area contributed by atoms with Crippen LogP contribution in [0.3, 0.4) is 0 Å². The fourth-order valence-corrected chi connectivity index (χ4v) is 5.70. The first-order chi connectivity index (χ1) is 14.8. The molecule has 0 heterocycles. The van der Waals surface area contributed by atoms with Crippen molar-refractivity contribution >= 4 is 0 Å². The molecule has 0 aliphatic heterocycles. The number of unbranched alkanes of at least 4 members (excludes halogenated alkanes) is 3. The molecule has 0 bridgehead atoms. The second-order valence-corrected chi connectivity index (χ2v) is 10.0. The molecule has 1 heteroatoms. The summed E-state index contributed by atoms with van der Waals surface area (Å²) in [6, 6.07) is 8.86. The van der Waals surface area contributed by atoms with Crippen LogP contribution in [-0.2, 0) is 6.42 Å². The average Bonchev–Trinajstić information content (AvgIpc) is 2.79. The maximum absolute atomic E-state index is 5.88. The van der Waals surface area contributed by atoms with Crippen molar-refractivity contribution in [1.29, 1.82) is 0 Å². The summed E-state index contributed by atoms with van der Waals surface area (Å²) in [7, 11) is 0. The van der Waals surface area contributed by atoms with Crippen molar-refractivity contribution in [3.8, 4) is 5.75 Å². The summed E-state index contributed by atoms with van der Waals surface area (Å²) in [6.45, 7) is 5.45. The highest BCUT2D eigenvalue weighted by Crippen LogP contribution is 2.41. The molecule has 2 aliphatic rings. The van der Waals surface area contributed by atoms with Crippen LogP contribution in [0, 0.1) is 17.8 Å². The average molecular weight is 411 g/mol. The highest BCUT2D eigenvalue weighted by Gasteiger charge is 2.28. The van der Waals surface area contributed by atoms with Gasteiger partial charge in [-0.05, 0) is 86.8 Å². The summed E-state index contributed by atoms with van der Waals surface area (Å²) in [5.74, 6) is 4.07. The van der Waals surface area contributed by atoms with Gasteiger partial charge in [0.1, 0.15) is 5.75 Å². The third kappa shape index (κ3) is 7.78. The Balaban J connectivity index is 1.34. The second-order valence-electron chi connectivity index (χ2n) is 10.0. The number of hydrogen-bond acceptors (Lipinski definition) is 1. The van der Waals surface area contributed by atoms with Crippen molar-refractivity contribution in [1.82, 2.24) is 0 Å². The lowest BCUT2D eigenvalue weighted by Crippen LogP contribution is -2.23. The minimum Gasteiger partial charge on any atom is -0.494 e. The zero-order valence-electron chi connectivity index (χ0n) is 19.8. The van der Waals surface area contributed by atoms with Gasteiger partial charge in [0.25, 0.3) is 0 Å². The predicted molar refractivity (Wildman–Crippen MR) is 130 cm³/mol. The molecule has 1 aromatic rings. The van der Waals surface area contributed by atoms with Gasteiger partial charge < -0.3 is 4.74 Å². The molecule has 0 saturated heterocycles. The van der Waals surface area contributed by atoms with Crippen LogP contribution in [0.4, 0.5) is 0 Å². The Labute approximate surface area is 186 Å². The van der Waals surface area contributed by atoms with Crippen LogP contribution < -0.4 is 4.74 Å². The molecule has 168 valence electrons. The molecule has 1 atom stereocenters. The Hall–Kier alpha value is -1.24. The summed E-state index contributed by atoms with van der Waals surface area (Å²) in [4.78, 5) is 0. The Bertz CT molecular complexity index is 606. The molecule has 1 nitrogen and oxygen atoms in total. The number of rotatable bonds is 12. The van der Waals surface area contributed by atoms with Gasteiger partial charge in [0.05, 0.1) is 6.61 Å². The van der Waals surface area contributed by atoms with E-state index in [4.69, 9.17) is 4.74 Å². The summed E-state index contributed by atoms with van der Waals surface area (Å²) in [6.07, 6.45) is 23.1. The Morgan fingerprint density at radius 2 is 1.60 bits per heavy atom.